The first-order valence-electron chi connectivity index (χ1n) is 9.88. The van der Waals surface area contributed by atoms with Crippen LogP contribution in [0.15, 0.2) is 58.2 Å². The SMILES string of the molecule is CCc1ccc(NC(=O)CN2N=C(c3nc(-c4ccc(F)cc4)no3)CCC2=O)cc1. The van der Waals surface area contributed by atoms with Crippen molar-refractivity contribution in [3.63, 3.8) is 0 Å². The molecule has 8 nitrogen and oxygen atoms in total. The molecule has 1 aliphatic rings. The van der Waals surface area contributed by atoms with Crippen LogP contribution in [0, 0.1) is 5.82 Å². The van der Waals surface area contributed by atoms with Gasteiger partial charge in [-0.25, -0.2) is 9.40 Å². The molecule has 0 saturated carbocycles. The molecule has 2 amide bonds. The van der Waals surface area contributed by atoms with E-state index in [0.29, 0.717) is 23.4 Å². The number of hydrogen-bond donors (Lipinski definition) is 1. The molecule has 0 bridgehead atoms. The van der Waals surface area contributed by atoms with E-state index in [0.717, 1.165) is 17.0 Å². The maximum atomic E-state index is 13.1. The van der Waals surface area contributed by atoms with Gasteiger partial charge in [-0.1, -0.05) is 24.2 Å². The van der Waals surface area contributed by atoms with Gasteiger partial charge in [-0.3, -0.25) is 9.59 Å². The summed E-state index contributed by atoms with van der Waals surface area (Å²) in [6, 6.07) is 13.2. The molecule has 9 heteroatoms. The Hall–Kier alpha value is -3.88. The molecule has 3 aromatic rings. The standard InChI is InChI=1S/C22H20FN5O3/c1-2-14-3-9-17(10-4-14)24-19(29)13-28-20(30)12-11-18(26-28)22-25-21(27-31-22)15-5-7-16(23)8-6-15/h3-10H,2,11-13H2,1H3,(H,24,29). The Kier molecular flexibility index (Phi) is 5.83. The van der Waals surface area contributed by atoms with Crippen molar-refractivity contribution in [2.75, 3.05) is 11.9 Å². The predicted molar refractivity (Wildman–Crippen MR) is 112 cm³/mol. The minimum absolute atomic E-state index is 0.160. The number of amides is 2. The van der Waals surface area contributed by atoms with Crippen LogP contribution in [0.2, 0.25) is 0 Å². The third-order valence-electron chi connectivity index (χ3n) is 4.82. The zero-order valence-electron chi connectivity index (χ0n) is 16.8. The number of halogens is 1. The molecule has 31 heavy (non-hydrogen) atoms. The molecule has 0 atom stereocenters. The Morgan fingerprint density at radius 1 is 1.13 bits per heavy atom. The van der Waals surface area contributed by atoms with Gasteiger partial charge in [-0.05, 0) is 48.4 Å². The van der Waals surface area contributed by atoms with E-state index in [1.54, 1.807) is 12.1 Å². The van der Waals surface area contributed by atoms with Crippen molar-refractivity contribution < 1.29 is 18.5 Å². The molecule has 0 unspecified atom stereocenters. The molecule has 0 aliphatic carbocycles. The van der Waals surface area contributed by atoms with E-state index in [1.165, 1.54) is 12.1 Å². The maximum absolute atomic E-state index is 13.1. The zero-order valence-corrected chi connectivity index (χ0v) is 16.8. The van der Waals surface area contributed by atoms with Crippen molar-refractivity contribution in [2.45, 2.75) is 26.2 Å². The monoisotopic (exact) mass is 421 g/mol. The Balaban J connectivity index is 1.45. The van der Waals surface area contributed by atoms with Crippen LogP contribution in [-0.2, 0) is 16.0 Å². The first-order chi connectivity index (χ1) is 15.0. The highest BCUT2D eigenvalue weighted by Crippen LogP contribution is 2.19. The molecule has 0 fully saturated rings. The fourth-order valence-corrected chi connectivity index (χ4v) is 3.10. The maximum Gasteiger partial charge on any atom is 0.274 e. The summed E-state index contributed by atoms with van der Waals surface area (Å²) < 4.78 is 18.4. The van der Waals surface area contributed by atoms with Crippen LogP contribution in [0.5, 0.6) is 0 Å². The number of aromatic nitrogens is 2. The molecule has 1 N–H and O–H groups in total. The summed E-state index contributed by atoms with van der Waals surface area (Å²) in [5.41, 5.74) is 2.82. The van der Waals surface area contributed by atoms with E-state index in [9.17, 15) is 14.0 Å². The number of rotatable bonds is 6. The molecule has 0 saturated heterocycles. The number of carbonyl (C=O) groups is 2. The topological polar surface area (TPSA) is 101 Å². The third-order valence-corrected chi connectivity index (χ3v) is 4.82. The van der Waals surface area contributed by atoms with E-state index >= 15 is 0 Å². The van der Waals surface area contributed by atoms with Crippen LogP contribution in [0.25, 0.3) is 11.4 Å². The van der Waals surface area contributed by atoms with Gasteiger partial charge in [-0.15, -0.1) is 0 Å². The highest BCUT2D eigenvalue weighted by atomic mass is 19.1. The predicted octanol–water partition coefficient (Wildman–Crippen LogP) is 3.40. The van der Waals surface area contributed by atoms with Crippen LogP contribution in [0.4, 0.5) is 10.1 Å². The van der Waals surface area contributed by atoms with E-state index < -0.39 is 0 Å². The number of hydrogen-bond acceptors (Lipinski definition) is 6. The molecule has 4 rings (SSSR count). The van der Waals surface area contributed by atoms with Crippen LogP contribution in [-0.4, -0.2) is 39.2 Å². The highest BCUT2D eigenvalue weighted by molar-refractivity contribution is 6.02. The quantitative estimate of drug-likeness (QED) is 0.657. The molecule has 2 aromatic carbocycles. The van der Waals surface area contributed by atoms with E-state index in [4.69, 9.17) is 4.52 Å². The second kappa shape index (κ2) is 8.86. The molecule has 158 valence electrons. The third kappa shape index (κ3) is 4.82. The van der Waals surface area contributed by atoms with Gasteiger partial charge in [-0.2, -0.15) is 10.1 Å². The van der Waals surface area contributed by atoms with E-state index in [1.807, 2.05) is 24.3 Å². The smallest absolute Gasteiger partial charge is 0.274 e. The van der Waals surface area contributed by atoms with Crippen LogP contribution in [0.1, 0.15) is 31.2 Å². The number of carbonyl (C=O) groups excluding carboxylic acids is 2. The van der Waals surface area contributed by atoms with Gasteiger partial charge in [0.25, 0.3) is 5.89 Å². The Labute approximate surface area is 177 Å². The summed E-state index contributed by atoms with van der Waals surface area (Å²) in [6.45, 7) is 1.83. The minimum Gasteiger partial charge on any atom is -0.332 e. The fourth-order valence-electron chi connectivity index (χ4n) is 3.10. The Morgan fingerprint density at radius 3 is 2.58 bits per heavy atom. The summed E-state index contributed by atoms with van der Waals surface area (Å²) in [5.74, 6) is -0.543. The molecule has 0 radical (unpaired) electrons. The average Bonchev–Trinajstić information content (AvgIpc) is 3.26. The first kappa shape index (κ1) is 20.4. The number of anilines is 1. The van der Waals surface area contributed by atoms with Crippen LogP contribution < -0.4 is 5.32 Å². The van der Waals surface area contributed by atoms with E-state index in [2.05, 4.69) is 27.5 Å². The highest BCUT2D eigenvalue weighted by Gasteiger charge is 2.26. The number of benzene rings is 2. The van der Waals surface area contributed by atoms with Crippen molar-refractivity contribution >= 4 is 23.2 Å². The Bertz CT molecular complexity index is 1120. The number of aryl methyl sites for hydroxylation is 1. The molecule has 1 aliphatic heterocycles. The Morgan fingerprint density at radius 2 is 1.87 bits per heavy atom. The van der Waals surface area contributed by atoms with Crippen LogP contribution in [0.3, 0.4) is 0 Å². The van der Waals surface area contributed by atoms with Crippen molar-refractivity contribution in [2.24, 2.45) is 5.10 Å². The van der Waals surface area contributed by atoms with Crippen molar-refractivity contribution in [3.05, 3.63) is 65.8 Å². The lowest BCUT2D eigenvalue weighted by Gasteiger charge is -2.21. The summed E-state index contributed by atoms with van der Waals surface area (Å²) in [5, 5.41) is 12.0. The van der Waals surface area contributed by atoms with Crippen molar-refractivity contribution in [1.82, 2.24) is 15.1 Å². The average molecular weight is 421 g/mol. The first-order valence-corrected chi connectivity index (χ1v) is 9.88. The number of hydrazone groups is 1. The van der Waals surface area contributed by atoms with Crippen molar-refractivity contribution in [3.8, 4) is 11.4 Å². The molecular weight excluding hydrogens is 401 g/mol. The summed E-state index contributed by atoms with van der Waals surface area (Å²) in [7, 11) is 0. The number of nitrogens with zero attached hydrogens (tertiary/aromatic N) is 4. The molecule has 2 heterocycles. The lowest BCUT2D eigenvalue weighted by molar-refractivity contribution is -0.135. The van der Waals surface area contributed by atoms with Crippen LogP contribution >= 0.6 is 0 Å². The molecular formula is C22H20FN5O3. The summed E-state index contributed by atoms with van der Waals surface area (Å²) in [6.07, 6.45) is 1.40. The van der Waals surface area contributed by atoms with Crippen molar-refractivity contribution in [1.29, 1.82) is 0 Å². The second-order valence-electron chi connectivity index (χ2n) is 7.03. The van der Waals surface area contributed by atoms with Gasteiger partial charge in [0.1, 0.15) is 18.1 Å². The zero-order chi connectivity index (χ0) is 21.8. The largest absolute Gasteiger partial charge is 0.332 e. The van der Waals surface area contributed by atoms with Gasteiger partial charge < -0.3 is 9.84 Å². The van der Waals surface area contributed by atoms with Gasteiger partial charge in [0.05, 0.1) is 0 Å². The lowest BCUT2D eigenvalue weighted by atomic mass is 10.1. The van der Waals surface area contributed by atoms with Gasteiger partial charge in [0.15, 0.2) is 0 Å². The van der Waals surface area contributed by atoms with Gasteiger partial charge >= 0.3 is 0 Å². The lowest BCUT2D eigenvalue weighted by Crippen LogP contribution is -2.38. The second-order valence-corrected chi connectivity index (χ2v) is 7.03. The van der Waals surface area contributed by atoms with Gasteiger partial charge in [0, 0.05) is 24.1 Å². The minimum atomic E-state index is -0.363. The normalized spacial score (nSPS) is 13.8. The fraction of sp³-hybridized carbons (Fsp3) is 0.227. The van der Waals surface area contributed by atoms with E-state index in [-0.39, 0.29) is 42.3 Å². The summed E-state index contributed by atoms with van der Waals surface area (Å²) in [4.78, 5) is 28.9. The molecule has 1 aromatic heterocycles. The number of nitrogens with one attached hydrogen (secondary N) is 1. The summed E-state index contributed by atoms with van der Waals surface area (Å²) >= 11 is 0. The van der Waals surface area contributed by atoms with Gasteiger partial charge in [0.2, 0.25) is 17.6 Å². The molecule has 0 spiro atoms.